The number of methoxy groups -OCH3 is 1. The minimum absolute atomic E-state index is 0.0134. The normalized spacial score (nSPS) is 12.2. The summed E-state index contributed by atoms with van der Waals surface area (Å²) in [6, 6.07) is 3.36. The second-order valence-electron chi connectivity index (χ2n) is 4.06. The molecule has 0 saturated heterocycles. The average molecular weight is 271 g/mol. The lowest BCUT2D eigenvalue weighted by molar-refractivity contribution is 0.0894. The topological polar surface area (TPSA) is 51.2 Å². The Morgan fingerprint density at radius 1 is 1.50 bits per heavy atom. The first kappa shape index (κ1) is 14.9. The van der Waals surface area contributed by atoms with Crippen LogP contribution in [0.5, 0.6) is 0 Å². The lowest BCUT2D eigenvalue weighted by atomic mass is 10.1. The van der Waals surface area contributed by atoms with E-state index in [-0.39, 0.29) is 11.9 Å². The van der Waals surface area contributed by atoms with Crippen molar-refractivity contribution >= 4 is 17.5 Å². The van der Waals surface area contributed by atoms with Gasteiger partial charge < -0.3 is 10.1 Å². The van der Waals surface area contributed by atoms with Crippen molar-refractivity contribution in [3.63, 3.8) is 0 Å². The van der Waals surface area contributed by atoms with Gasteiger partial charge in [-0.15, -0.1) is 0 Å². The van der Waals surface area contributed by atoms with Crippen molar-refractivity contribution in [2.75, 3.05) is 13.7 Å². The fourth-order valence-corrected chi connectivity index (χ4v) is 1.82. The lowest BCUT2D eigenvalue weighted by Crippen LogP contribution is -2.37. The van der Waals surface area contributed by atoms with Crippen molar-refractivity contribution in [3.05, 3.63) is 28.5 Å². The van der Waals surface area contributed by atoms with E-state index in [4.69, 9.17) is 16.3 Å². The summed E-state index contributed by atoms with van der Waals surface area (Å²) in [6.07, 6.45) is 1.56. The second-order valence-corrected chi connectivity index (χ2v) is 4.44. The number of hydrogen-bond donors (Lipinski definition) is 1. The molecule has 0 aromatic carbocycles. The van der Waals surface area contributed by atoms with Gasteiger partial charge in [0.25, 0.3) is 5.91 Å². The Balaban J connectivity index is 2.79. The largest absolute Gasteiger partial charge is 0.383 e. The summed E-state index contributed by atoms with van der Waals surface area (Å²) in [5.41, 5.74) is 1.36. The zero-order valence-electron chi connectivity index (χ0n) is 11.0. The highest BCUT2D eigenvalue weighted by molar-refractivity contribution is 6.29. The van der Waals surface area contributed by atoms with E-state index < -0.39 is 0 Å². The van der Waals surface area contributed by atoms with Crippen molar-refractivity contribution in [1.82, 2.24) is 10.3 Å². The molecule has 0 spiro atoms. The van der Waals surface area contributed by atoms with Crippen LogP contribution in [0.3, 0.4) is 0 Å². The smallest absolute Gasteiger partial charge is 0.251 e. The number of aromatic nitrogens is 1. The van der Waals surface area contributed by atoms with Gasteiger partial charge in [-0.05, 0) is 25.0 Å². The first-order valence-corrected chi connectivity index (χ1v) is 6.44. The second kappa shape index (κ2) is 7.34. The van der Waals surface area contributed by atoms with Gasteiger partial charge in [-0.1, -0.05) is 25.4 Å². The summed E-state index contributed by atoms with van der Waals surface area (Å²) in [6.45, 7) is 4.47. The number of nitrogens with zero attached hydrogens (tertiary/aromatic N) is 1. The van der Waals surface area contributed by atoms with E-state index in [1.165, 1.54) is 0 Å². The third kappa shape index (κ3) is 4.27. The molecule has 0 aliphatic rings. The third-order valence-electron chi connectivity index (χ3n) is 2.67. The molecule has 0 radical (unpaired) electrons. The number of halogens is 1. The van der Waals surface area contributed by atoms with Crippen molar-refractivity contribution in [2.45, 2.75) is 32.7 Å². The standard InChI is InChI=1S/C13H19ClN2O2/c1-4-10-6-9(7-12(14)15-10)13(17)16-11(5-2)8-18-3/h6-7,11H,4-5,8H2,1-3H3,(H,16,17). The van der Waals surface area contributed by atoms with E-state index in [0.29, 0.717) is 17.3 Å². The summed E-state index contributed by atoms with van der Waals surface area (Å²) in [5.74, 6) is -0.141. The number of pyridine rings is 1. The van der Waals surface area contributed by atoms with E-state index >= 15 is 0 Å². The van der Waals surface area contributed by atoms with Gasteiger partial charge in [0.2, 0.25) is 0 Å². The van der Waals surface area contributed by atoms with Gasteiger partial charge >= 0.3 is 0 Å². The van der Waals surface area contributed by atoms with Crippen LogP contribution < -0.4 is 5.32 Å². The van der Waals surface area contributed by atoms with E-state index in [9.17, 15) is 4.79 Å². The number of amides is 1. The number of ether oxygens (including phenoxy) is 1. The zero-order valence-corrected chi connectivity index (χ0v) is 11.8. The Labute approximate surface area is 113 Å². The van der Waals surface area contributed by atoms with Gasteiger partial charge in [0.05, 0.1) is 12.6 Å². The average Bonchev–Trinajstić information content (AvgIpc) is 2.37. The van der Waals surface area contributed by atoms with Crippen LogP contribution in [0.1, 0.15) is 36.3 Å². The minimum atomic E-state index is -0.141. The number of carbonyl (C=O) groups excluding carboxylic acids is 1. The van der Waals surface area contributed by atoms with Gasteiger partial charge in [0, 0.05) is 18.4 Å². The van der Waals surface area contributed by atoms with Gasteiger partial charge in [-0.25, -0.2) is 4.98 Å². The highest BCUT2D eigenvalue weighted by atomic mass is 35.5. The predicted molar refractivity (Wildman–Crippen MR) is 72.0 cm³/mol. The number of rotatable bonds is 6. The molecule has 0 aliphatic carbocycles. The highest BCUT2D eigenvalue weighted by Gasteiger charge is 2.13. The van der Waals surface area contributed by atoms with Crippen molar-refractivity contribution in [1.29, 1.82) is 0 Å². The Hall–Kier alpha value is -1.13. The molecule has 0 aliphatic heterocycles. The molecule has 18 heavy (non-hydrogen) atoms. The maximum atomic E-state index is 12.1. The number of hydrogen-bond acceptors (Lipinski definition) is 3. The molecule has 1 N–H and O–H groups in total. The van der Waals surface area contributed by atoms with Gasteiger partial charge in [-0.3, -0.25) is 4.79 Å². The molecule has 1 aromatic rings. The molecule has 100 valence electrons. The van der Waals surface area contributed by atoms with Crippen LogP contribution in [0.25, 0.3) is 0 Å². The fraction of sp³-hybridized carbons (Fsp3) is 0.538. The summed E-state index contributed by atoms with van der Waals surface area (Å²) >= 11 is 5.89. The maximum Gasteiger partial charge on any atom is 0.251 e. The van der Waals surface area contributed by atoms with E-state index in [2.05, 4.69) is 10.3 Å². The van der Waals surface area contributed by atoms with Crippen LogP contribution >= 0.6 is 11.6 Å². The molecule has 1 heterocycles. The number of nitrogens with one attached hydrogen (secondary N) is 1. The molecule has 0 fully saturated rings. The molecular formula is C13H19ClN2O2. The SMILES string of the molecule is CCc1cc(C(=O)NC(CC)COC)cc(Cl)n1. The van der Waals surface area contributed by atoms with E-state index in [1.54, 1.807) is 19.2 Å². The molecular weight excluding hydrogens is 252 g/mol. The third-order valence-corrected chi connectivity index (χ3v) is 2.86. The maximum absolute atomic E-state index is 12.1. The zero-order chi connectivity index (χ0) is 13.5. The summed E-state index contributed by atoms with van der Waals surface area (Å²) in [5, 5.41) is 3.26. The first-order valence-electron chi connectivity index (χ1n) is 6.06. The molecule has 0 bridgehead atoms. The summed E-state index contributed by atoms with van der Waals surface area (Å²) in [7, 11) is 1.62. The quantitative estimate of drug-likeness (QED) is 0.808. The lowest BCUT2D eigenvalue weighted by Gasteiger charge is -2.16. The fourth-order valence-electron chi connectivity index (χ4n) is 1.59. The van der Waals surface area contributed by atoms with Crippen molar-refractivity contribution in [3.8, 4) is 0 Å². The number of carbonyl (C=O) groups is 1. The van der Waals surface area contributed by atoms with Gasteiger partial charge in [0.15, 0.2) is 0 Å². The van der Waals surface area contributed by atoms with Crippen molar-refractivity contribution in [2.24, 2.45) is 0 Å². The van der Waals surface area contributed by atoms with Crippen LogP contribution in [0.4, 0.5) is 0 Å². The van der Waals surface area contributed by atoms with Gasteiger partial charge in [-0.2, -0.15) is 0 Å². The highest BCUT2D eigenvalue weighted by Crippen LogP contribution is 2.12. The molecule has 0 saturated carbocycles. The Morgan fingerprint density at radius 2 is 2.22 bits per heavy atom. The number of aryl methyl sites for hydroxylation is 1. The molecule has 1 rings (SSSR count). The molecule has 1 atom stereocenters. The first-order chi connectivity index (χ1) is 8.60. The Morgan fingerprint density at radius 3 is 2.78 bits per heavy atom. The molecule has 1 unspecified atom stereocenters. The summed E-state index contributed by atoms with van der Waals surface area (Å²) < 4.78 is 5.05. The molecule has 4 nitrogen and oxygen atoms in total. The van der Waals surface area contributed by atoms with E-state index in [1.807, 2.05) is 13.8 Å². The van der Waals surface area contributed by atoms with E-state index in [0.717, 1.165) is 18.5 Å². The Kier molecular flexibility index (Phi) is 6.09. The molecule has 1 amide bonds. The van der Waals surface area contributed by atoms with Crippen LogP contribution in [-0.2, 0) is 11.2 Å². The minimum Gasteiger partial charge on any atom is -0.383 e. The van der Waals surface area contributed by atoms with Crippen molar-refractivity contribution < 1.29 is 9.53 Å². The molecule has 1 aromatic heterocycles. The van der Waals surface area contributed by atoms with Crippen LogP contribution in [0.2, 0.25) is 5.15 Å². The Bertz CT molecular complexity index is 410. The monoisotopic (exact) mass is 270 g/mol. The molecule has 5 heteroatoms. The summed E-state index contributed by atoms with van der Waals surface area (Å²) in [4.78, 5) is 16.2. The van der Waals surface area contributed by atoms with Crippen LogP contribution in [0.15, 0.2) is 12.1 Å². The van der Waals surface area contributed by atoms with Gasteiger partial charge in [0.1, 0.15) is 5.15 Å². The van der Waals surface area contributed by atoms with Crippen LogP contribution in [-0.4, -0.2) is 30.6 Å². The predicted octanol–water partition coefficient (Wildman–Crippen LogP) is 2.45. The van der Waals surface area contributed by atoms with Crippen LogP contribution in [0, 0.1) is 0 Å².